The molecule has 0 saturated heterocycles. The highest BCUT2D eigenvalue weighted by Crippen LogP contribution is 2.23. The van der Waals surface area contributed by atoms with Gasteiger partial charge in [0.25, 0.3) is 0 Å². The number of rotatable bonds is 5. The zero-order chi connectivity index (χ0) is 13.8. The number of nitrogens with two attached hydrogens (primary N) is 1. The van der Waals surface area contributed by atoms with E-state index in [1.165, 1.54) is 4.90 Å². The predicted octanol–water partition coefficient (Wildman–Crippen LogP) is 3.49. The summed E-state index contributed by atoms with van der Waals surface area (Å²) in [6, 6.07) is 6.92. The summed E-state index contributed by atoms with van der Waals surface area (Å²) in [5, 5.41) is 0. The van der Waals surface area contributed by atoms with Gasteiger partial charge in [0.15, 0.2) is 0 Å². The first-order chi connectivity index (χ1) is 8.37. The molecule has 0 fully saturated rings. The van der Waals surface area contributed by atoms with Crippen LogP contribution in [0.25, 0.3) is 0 Å². The first kappa shape index (κ1) is 14.8. The van der Waals surface area contributed by atoms with Crippen molar-refractivity contribution in [2.24, 2.45) is 5.73 Å². The van der Waals surface area contributed by atoms with Crippen molar-refractivity contribution < 1.29 is 13.2 Å². The summed E-state index contributed by atoms with van der Waals surface area (Å²) in [6.45, 7) is 3.07. The molecule has 0 saturated carbocycles. The Morgan fingerprint density at radius 2 is 1.72 bits per heavy atom. The van der Waals surface area contributed by atoms with Crippen LogP contribution in [0.5, 0.6) is 0 Å². The number of benzene rings is 1. The lowest BCUT2D eigenvalue weighted by Gasteiger charge is -2.24. The van der Waals surface area contributed by atoms with E-state index in [-0.39, 0.29) is 6.04 Å². The Morgan fingerprint density at radius 1 is 1.17 bits per heavy atom. The maximum atomic E-state index is 12.4. The monoisotopic (exact) mass is 260 g/mol. The quantitative estimate of drug-likeness (QED) is 0.878. The van der Waals surface area contributed by atoms with Crippen LogP contribution in [0.3, 0.4) is 0 Å². The van der Waals surface area contributed by atoms with Crippen LogP contribution in [0.4, 0.5) is 18.9 Å². The number of halogens is 3. The van der Waals surface area contributed by atoms with Gasteiger partial charge in [-0.05, 0) is 31.0 Å². The second-order valence-corrected chi connectivity index (χ2v) is 4.24. The summed E-state index contributed by atoms with van der Waals surface area (Å²) in [5.41, 5.74) is 7.38. The molecule has 2 N–H and O–H groups in total. The fourth-order valence-electron chi connectivity index (χ4n) is 1.77. The topological polar surface area (TPSA) is 29.3 Å². The fraction of sp³-hybridized carbons (Fsp3) is 0.538. The lowest BCUT2D eigenvalue weighted by atomic mass is 10.1. The molecule has 18 heavy (non-hydrogen) atoms. The van der Waals surface area contributed by atoms with Gasteiger partial charge in [-0.3, -0.25) is 0 Å². The Bertz CT molecular complexity index is 359. The number of anilines is 1. The summed E-state index contributed by atoms with van der Waals surface area (Å²) in [4.78, 5) is 1.29. The largest absolute Gasteiger partial charge is 0.405 e. The van der Waals surface area contributed by atoms with Crippen LogP contribution in [-0.4, -0.2) is 19.3 Å². The van der Waals surface area contributed by atoms with Crippen molar-refractivity contribution in [3.05, 3.63) is 29.8 Å². The van der Waals surface area contributed by atoms with E-state index in [0.29, 0.717) is 12.2 Å². The van der Waals surface area contributed by atoms with Crippen molar-refractivity contribution in [2.75, 3.05) is 18.0 Å². The third-order valence-electron chi connectivity index (χ3n) is 2.88. The van der Waals surface area contributed by atoms with E-state index < -0.39 is 12.7 Å². The van der Waals surface area contributed by atoms with Gasteiger partial charge in [0.2, 0.25) is 0 Å². The molecule has 0 aromatic heterocycles. The van der Waals surface area contributed by atoms with Crippen LogP contribution < -0.4 is 10.6 Å². The Hall–Kier alpha value is -1.23. The van der Waals surface area contributed by atoms with Crippen molar-refractivity contribution >= 4 is 5.69 Å². The van der Waals surface area contributed by atoms with E-state index in [2.05, 4.69) is 0 Å². The van der Waals surface area contributed by atoms with Gasteiger partial charge in [0.05, 0.1) is 0 Å². The van der Waals surface area contributed by atoms with Crippen molar-refractivity contribution in [3.8, 4) is 0 Å². The van der Waals surface area contributed by atoms with Gasteiger partial charge in [-0.2, -0.15) is 13.2 Å². The molecular weight excluding hydrogens is 241 g/mol. The Balaban J connectivity index is 2.82. The minimum Gasteiger partial charge on any atom is -0.363 e. The SMILES string of the molecule is CC[C@H](N)c1ccc(N(CC)CC(F)(F)F)cc1. The van der Waals surface area contributed by atoms with Crippen LogP contribution in [0.1, 0.15) is 31.9 Å². The smallest absolute Gasteiger partial charge is 0.363 e. The molecule has 1 aromatic carbocycles. The summed E-state index contributed by atoms with van der Waals surface area (Å²) < 4.78 is 37.1. The standard InChI is InChI=1S/C13H19F3N2/c1-3-12(17)10-5-7-11(8-6-10)18(4-2)9-13(14,15)16/h5-8,12H,3-4,9,17H2,1-2H3/t12-/m0/s1. The van der Waals surface area contributed by atoms with Crippen LogP contribution in [0.2, 0.25) is 0 Å². The molecule has 2 nitrogen and oxygen atoms in total. The molecule has 0 aliphatic heterocycles. The summed E-state index contributed by atoms with van der Waals surface area (Å²) in [7, 11) is 0. The minimum absolute atomic E-state index is 0.0586. The number of hydrogen-bond acceptors (Lipinski definition) is 2. The van der Waals surface area contributed by atoms with Crippen LogP contribution in [0, 0.1) is 0 Å². The Labute approximate surface area is 106 Å². The Kier molecular flexibility index (Phi) is 5.02. The van der Waals surface area contributed by atoms with Crippen LogP contribution in [-0.2, 0) is 0 Å². The second-order valence-electron chi connectivity index (χ2n) is 4.24. The molecule has 0 heterocycles. The van der Waals surface area contributed by atoms with E-state index in [4.69, 9.17) is 5.73 Å². The molecule has 0 aliphatic carbocycles. The van der Waals surface area contributed by atoms with Gasteiger partial charge < -0.3 is 10.6 Å². The third kappa shape index (κ3) is 4.22. The summed E-state index contributed by atoms with van der Waals surface area (Å²) >= 11 is 0. The molecule has 0 radical (unpaired) electrons. The Morgan fingerprint density at radius 3 is 2.11 bits per heavy atom. The zero-order valence-electron chi connectivity index (χ0n) is 10.7. The van der Waals surface area contributed by atoms with Gasteiger partial charge in [0, 0.05) is 18.3 Å². The molecule has 0 unspecified atom stereocenters. The van der Waals surface area contributed by atoms with Gasteiger partial charge in [-0.1, -0.05) is 19.1 Å². The normalized spacial score (nSPS) is 13.4. The van der Waals surface area contributed by atoms with Crippen molar-refractivity contribution in [3.63, 3.8) is 0 Å². The average molecular weight is 260 g/mol. The number of hydrogen-bond donors (Lipinski definition) is 1. The highest BCUT2D eigenvalue weighted by molar-refractivity contribution is 5.48. The van der Waals surface area contributed by atoms with Gasteiger partial charge in [-0.25, -0.2) is 0 Å². The molecule has 5 heteroatoms. The predicted molar refractivity (Wildman–Crippen MR) is 67.6 cm³/mol. The number of alkyl halides is 3. The molecule has 102 valence electrons. The molecular formula is C13H19F3N2. The lowest BCUT2D eigenvalue weighted by molar-refractivity contribution is -0.119. The first-order valence-corrected chi connectivity index (χ1v) is 6.04. The van der Waals surface area contributed by atoms with E-state index >= 15 is 0 Å². The second kappa shape index (κ2) is 6.09. The zero-order valence-corrected chi connectivity index (χ0v) is 10.7. The maximum Gasteiger partial charge on any atom is 0.405 e. The lowest BCUT2D eigenvalue weighted by Crippen LogP contribution is -2.34. The third-order valence-corrected chi connectivity index (χ3v) is 2.88. The van der Waals surface area contributed by atoms with Gasteiger partial charge in [-0.15, -0.1) is 0 Å². The molecule has 1 atom stereocenters. The van der Waals surface area contributed by atoms with Gasteiger partial charge >= 0.3 is 6.18 Å². The molecule has 0 aliphatic rings. The van der Waals surface area contributed by atoms with E-state index in [1.807, 2.05) is 6.92 Å². The maximum absolute atomic E-state index is 12.4. The van der Waals surface area contributed by atoms with Crippen molar-refractivity contribution in [1.82, 2.24) is 0 Å². The number of nitrogens with zero attached hydrogens (tertiary/aromatic N) is 1. The highest BCUT2D eigenvalue weighted by Gasteiger charge is 2.30. The molecule has 0 bridgehead atoms. The van der Waals surface area contributed by atoms with Gasteiger partial charge in [0.1, 0.15) is 6.54 Å². The summed E-state index contributed by atoms with van der Waals surface area (Å²) in [5.74, 6) is 0. The minimum atomic E-state index is -4.19. The molecule has 1 rings (SSSR count). The van der Waals surface area contributed by atoms with E-state index in [1.54, 1.807) is 31.2 Å². The van der Waals surface area contributed by atoms with Crippen LogP contribution >= 0.6 is 0 Å². The van der Waals surface area contributed by atoms with Crippen molar-refractivity contribution in [2.45, 2.75) is 32.5 Å². The highest BCUT2D eigenvalue weighted by atomic mass is 19.4. The fourth-order valence-corrected chi connectivity index (χ4v) is 1.77. The van der Waals surface area contributed by atoms with E-state index in [9.17, 15) is 13.2 Å². The van der Waals surface area contributed by atoms with Crippen LogP contribution in [0.15, 0.2) is 24.3 Å². The first-order valence-electron chi connectivity index (χ1n) is 6.04. The summed E-state index contributed by atoms with van der Waals surface area (Å²) in [6.07, 6.45) is -3.38. The molecule has 0 amide bonds. The molecule has 0 spiro atoms. The average Bonchev–Trinajstić information content (AvgIpc) is 2.34. The van der Waals surface area contributed by atoms with Crippen molar-refractivity contribution in [1.29, 1.82) is 0 Å². The van der Waals surface area contributed by atoms with E-state index in [0.717, 1.165) is 12.0 Å². The molecule has 1 aromatic rings.